The van der Waals surface area contributed by atoms with Crippen molar-refractivity contribution in [2.24, 2.45) is 10.2 Å². The third-order valence-corrected chi connectivity index (χ3v) is 4.15. The van der Waals surface area contributed by atoms with Gasteiger partial charge in [0, 0.05) is 5.56 Å². The molecule has 0 saturated heterocycles. The zero-order valence-corrected chi connectivity index (χ0v) is 19.7. The topological polar surface area (TPSA) is 185 Å². The first-order valence-corrected chi connectivity index (χ1v) is 8.25. The Morgan fingerprint density at radius 2 is 1.93 bits per heavy atom. The smallest absolute Gasteiger partial charge is 0.744 e. The summed E-state index contributed by atoms with van der Waals surface area (Å²) < 4.78 is 34.0. The predicted molar refractivity (Wildman–Crippen MR) is 81.3 cm³/mol. The maximum Gasteiger partial charge on any atom is 1.00 e. The second kappa shape index (κ2) is 9.37. The molecule has 2 heterocycles. The van der Waals surface area contributed by atoms with E-state index in [1.807, 2.05) is 0 Å². The van der Waals surface area contributed by atoms with E-state index in [1.54, 1.807) is 0 Å². The summed E-state index contributed by atoms with van der Waals surface area (Å²) in [5, 5.41) is 21.1. The van der Waals surface area contributed by atoms with Gasteiger partial charge in [0.05, 0.1) is 22.2 Å². The van der Waals surface area contributed by atoms with Gasteiger partial charge in [-0.3, -0.25) is 9.89 Å². The molecule has 12 nitrogen and oxygen atoms in total. The Labute approximate surface area is 201 Å². The van der Waals surface area contributed by atoms with Crippen LogP contribution in [0.5, 0.6) is 0 Å². The third kappa shape index (κ3) is 4.93. The molecule has 3 rings (SSSR count). The van der Waals surface area contributed by atoms with Crippen molar-refractivity contribution in [2.45, 2.75) is 11.8 Å². The summed E-state index contributed by atoms with van der Waals surface area (Å²) in [5.74, 6) is -1.65. The number of hydrogen-bond acceptors (Lipinski definition) is 10. The fourth-order valence-corrected chi connectivity index (χ4v) is 2.59. The zero-order valence-electron chi connectivity index (χ0n) is 14.9. The zero-order chi connectivity index (χ0) is 19.1. The van der Waals surface area contributed by atoms with E-state index in [0.29, 0.717) is 6.07 Å². The molecule has 1 aromatic carbocycles. The Kier molecular flexibility index (Phi) is 8.22. The molecule has 0 atom stereocenters. The van der Waals surface area contributed by atoms with Crippen molar-refractivity contribution in [2.75, 3.05) is 0 Å². The quantitative estimate of drug-likeness (QED) is 0.244. The number of aromatic carboxylic acids is 1. The van der Waals surface area contributed by atoms with Crippen molar-refractivity contribution >= 4 is 33.2 Å². The molecule has 134 valence electrons. The molecule has 3 aromatic rings. The molecule has 0 radical (unpaired) electrons. The Hall–Kier alpha value is -1.45. The number of carbonyl (C=O) groups excluding carboxylic acids is 1. The summed E-state index contributed by atoms with van der Waals surface area (Å²) in [6.07, 6.45) is 1.25. The first kappa shape index (κ1) is 24.6. The molecule has 0 bridgehead atoms. The molecule has 0 aliphatic rings. The van der Waals surface area contributed by atoms with Gasteiger partial charge < -0.3 is 14.5 Å². The maximum absolute atomic E-state index is 12.3. The minimum Gasteiger partial charge on any atom is -0.744 e. The van der Waals surface area contributed by atoms with E-state index < -0.39 is 32.1 Å². The van der Waals surface area contributed by atoms with Gasteiger partial charge in [-0.05, 0) is 25.1 Å². The number of benzene rings is 1. The van der Waals surface area contributed by atoms with Crippen molar-refractivity contribution < 1.29 is 82.0 Å². The van der Waals surface area contributed by atoms with Crippen molar-refractivity contribution in [1.29, 1.82) is 0 Å². The van der Waals surface area contributed by atoms with Gasteiger partial charge in [-0.1, -0.05) is 0 Å². The molecule has 28 heavy (non-hydrogen) atoms. The summed E-state index contributed by atoms with van der Waals surface area (Å²) in [6, 6.07) is 2.45. The van der Waals surface area contributed by atoms with Crippen molar-refractivity contribution in [3.8, 4) is 0 Å². The van der Waals surface area contributed by atoms with Gasteiger partial charge in [-0.2, -0.15) is 4.52 Å². The second-order valence-electron chi connectivity index (χ2n) is 4.99. The van der Waals surface area contributed by atoms with Crippen LogP contribution in [0.4, 0.5) is 11.4 Å². The normalized spacial score (nSPS) is 11.2. The van der Waals surface area contributed by atoms with Gasteiger partial charge in [0.2, 0.25) is 0 Å². The largest absolute Gasteiger partial charge is 1.00 e. The Morgan fingerprint density at radius 1 is 1.25 bits per heavy atom. The number of azo groups is 1. The van der Waals surface area contributed by atoms with Crippen molar-refractivity contribution in [3.05, 3.63) is 46.1 Å². The number of nitrogens with zero attached hydrogens (tertiary/aromatic N) is 5. The summed E-state index contributed by atoms with van der Waals surface area (Å²) in [4.78, 5) is 30.6. The van der Waals surface area contributed by atoms with Crippen LogP contribution in [-0.4, -0.2) is 38.5 Å². The number of nitrogens with one attached hydrogen (secondary N) is 1. The van der Waals surface area contributed by atoms with Crippen LogP contribution in [0.3, 0.4) is 0 Å². The number of carboxylic acids is 1. The number of rotatable bonds is 4. The van der Waals surface area contributed by atoms with Gasteiger partial charge >= 0.3 is 64.7 Å². The average Bonchev–Trinajstić information content (AvgIpc) is 3.02. The Balaban J connectivity index is 0.00000196. The van der Waals surface area contributed by atoms with E-state index >= 15 is 0 Å². The van der Waals surface area contributed by atoms with Gasteiger partial charge in [0.25, 0.3) is 5.78 Å². The van der Waals surface area contributed by atoms with Crippen LogP contribution in [0.2, 0.25) is 0 Å². The fraction of sp³-hybridized carbons (Fsp3) is 0.0769. The fourth-order valence-electron chi connectivity index (χ4n) is 2.09. The summed E-state index contributed by atoms with van der Waals surface area (Å²) in [7, 11) is -4.86. The molecule has 0 unspecified atom stereocenters. The molecule has 1 N–H and O–H groups in total. The predicted octanol–water partition coefficient (Wildman–Crippen LogP) is -6.58. The molecule has 0 fully saturated rings. The van der Waals surface area contributed by atoms with E-state index in [4.69, 9.17) is 0 Å². The van der Waals surface area contributed by atoms with E-state index in [-0.39, 0.29) is 82.0 Å². The molecular weight excluding hydrogens is 414 g/mol. The number of fused-ring (bicyclic) bond motifs is 1. The molecule has 0 saturated carbocycles. The summed E-state index contributed by atoms with van der Waals surface area (Å²) in [6.45, 7) is 1.48. The van der Waals surface area contributed by atoms with E-state index in [1.165, 1.54) is 13.3 Å². The first-order valence-electron chi connectivity index (χ1n) is 6.84. The second-order valence-corrected chi connectivity index (χ2v) is 6.37. The minimum atomic E-state index is -4.86. The van der Waals surface area contributed by atoms with Gasteiger partial charge in [-0.15, -0.1) is 10.2 Å². The van der Waals surface area contributed by atoms with Crippen LogP contribution < -0.4 is 69.8 Å². The van der Waals surface area contributed by atoms with Crippen molar-refractivity contribution in [3.63, 3.8) is 0 Å². The third-order valence-electron chi connectivity index (χ3n) is 3.32. The molecule has 0 aliphatic carbocycles. The summed E-state index contributed by atoms with van der Waals surface area (Å²) in [5.41, 5.74) is -1.58. The molecule has 0 amide bonds. The number of carbonyl (C=O) groups is 1. The van der Waals surface area contributed by atoms with E-state index in [2.05, 4.69) is 25.3 Å². The van der Waals surface area contributed by atoms with Gasteiger partial charge in [-0.25, -0.2) is 18.4 Å². The standard InChI is InChI=1S/C13H10N6O6S.2Na/c1-6-10(11(20)19-13(16-6)14-5-15-19)18-17-9-3-2-7(26(23,24)25)4-8(9)12(21)22;;/h2-5H,1H3,(H,21,22)(H,14,15,16)(H,23,24,25);;/q;2*+1/p-2. The minimum absolute atomic E-state index is 0. The van der Waals surface area contributed by atoms with Crippen LogP contribution in [0.1, 0.15) is 16.1 Å². The first-order chi connectivity index (χ1) is 12.2. The Bertz CT molecular complexity index is 1240. The number of aromatic nitrogens is 4. The number of H-pyrrole nitrogens is 1. The average molecular weight is 422 g/mol. The molecule has 0 spiro atoms. The van der Waals surface area contributed by atoms with E-state index in [9.17, 15) is 27.7 Å². The number of aromatic amines is 1. The molecular formula is C13H8N6Na2O6S. The van der Waals surface area contributed by atoms with E-state index in [0.717, 1.165) is 16.6 Å². The van der Waals surface area contributed by atoms with Crippen LogP contribution in [0.15, 0.2) is 44.4 Å². The monoisotopic (exact) mass is 422 g/mol. The molecule has 0 aliphatic heterocycles. The van der Waals surface area contributed by atoms with Crippen LogP contribution in [-0.2, 0) is 10.1 Å². The van der Waals surface area contributed by atoms with Gasteiger partial charge in [0.1, 0.15) is 16.4 Å². The Morgan fingerprint density at radius 3 is 2.54 bits per heavy atom. The van der Waals surface area contributed by atoms with Gasteiger partial charge in [0.15, 0.2) is 5.69 Å². The number of aryl methyl sites for hydroxylation is 1. The SMILES string of the molecule is Cc1nc2nc[nH]n2c(=O)c1N=Nc1ccc(S(=O)(=O)[O-])cc1C(=O)[O-].[Na+].[Na+]. The number of carboxylic acid groups (broad SMARTS) is 1. The molecule has 2 aromatic heterocycles. The van der Waals surface area contributed by atoms with Crippen LogP contribution in [0.25, 0.3) is 5.78 Å². The van der Waals surface area contributed by atoms with Crippen molar-refractivity contribution in [1.82, 2.24) is 19.6 Å². The van der Waals surface area contributed by atoms with Crippen LogP contribution >= 0.6 is 0 Å². The molecule has 15 heteroatoms. The van der Waals surface area contributed by atoms with Crippen LogP contribution in [0, 0.1) is 6.92 Å². The maximum atomic E-state index is 12.3. The summed E-state index contributed by atoms with van der Waals surface area (Å²) >= 11 is 0. The number of hydrogen-bond donors (Lipinski definition) is 1.